The summed E-state index contributed by atoms with van der Waals surface area (Å²) < 4.78 is 6.82. The van der Waals surface area contributed by atoms with Gasteiger partial charge in [-0.25, -0.2) is 14.3 Å². The number of aliphatic hydroxyl groups excluding tert-OH is 1. The Kier molecular flexibility index (Phi) is 4.57. The molecule has 2 heterocycles. The SMILES string of the molecule is COc1cccc(-c2ccc3nc(NC(=O)NCCO)cn3n2)c1. The molecule has 0 bridgehead atoms. The second kappa shape index (κ2) is 6.97. The Labute approximate surface area is 138 Å². The van der Waals surface area contributed by atoms with Crippen molar-refractivity contribution >= 4 is 17.5 Å². The second-order valence-electron chi connectivity index (χ2n) is 4.98. The number of hydrogen-bond acceptors (Lipinski definition) is 5. The summed E-state index contributed by atoms with van der Waals surface area (Å²) in [6, 6.07) is 10.8. The van der Waals surface area contributed by atoms with Crippen LogP contribution in [0.5, 0.6) is 5.75 Å². The fraction of sp³-hybridized carbons (Fsp3) is 0.188. The number of ether oxygens (including phenoxy) is 1. The molecule has 3 N–H and O–H groups in total. The van der Waals surface area contributed by atoms with E-state index < -0.39 is 6.03 Å². The monoisotopic (exact) mass is 327 g/mol. The number of rotatable bonds is 5. The third-order valence-electron chi connectivity index (χ3n) is 3.32. The Bertz CT molecular complexity index is 862. The number of carbonyl (C=O) groups is 1. The van der Waals surface area contributed by atoms with E-state index in [1.807, 2.05) is 36.4 Å². The van der Waals surface area contributed by atoms with E-state index >= 15 is 0 Å². The number of nitrogens with zero attached hydrogens (tertiary/aromatic N) is 3. The predicted octanol–water partition coefficient (Wildman–Crippen LogP) is 1.52. The number of aromatic nitrogens is 3. The highest BCUT2D eigenvalue weighted by Gasteiger charge is 2.08. The fourth-order valence-corrected chi connectivity index (χ4v) is 2.21. The largest absolute Gasteiger partial charge is 0.497 e. The normalized spacial score (nSPS) is 10.6. The minimum absolute atomic E-state index is 0.121. The van der Waals surface area contributed by atoms with Crippen LogP contribution in [0.3, 0.4) is 0 Å². The van der Waals surface area contributed by atoms with Crippen molar-refractivity contribution in [3.8, 4) is 17.0 Å². The molecule has 0 aliphatic heterocycles. The first-order valence-electron chi connectivity index (χ1n) is 7.36. The molecule has 3 aromatic rings. The Balaban J connectivity index is 1.84. The Morgan fingerprint density at radius 1 is 1.33 bits per heavy atom. The van der Waals surface area contributed by atoms with Gasteiger partial charge in [-0.2, -0.15) is 5.10 Å². The predicted molar refractivity (Wildman–Crippen MR) is 89.1 cm³/mol. The maximum Gasteiger partial charge on any atom is 0.320 e. The van der Waals surface area contributed by atoms with Gasteiger partial charge in [-0.15, -0.1) is 0 Å². The number of anilines is 1. The molecule has 24 heavy (non-hydrogen) atoms. The van der Waals surface area contributed by atoms with E-state index in [0.717, 1.165) is 17.0 Å². The Morgan fingerprint density at radius 3 is 3.00 bits per heavy atom. The van der Waals surface area contributed by atoms with Crippen molar-refractivity contribution in [1.29, 1.82) is 0 Å². The highest BCUT2D eigenvalue weighted by atomic mass is 16.5. The number of imidazole rings is 1. The number of urea groups is 1. The van der Waals surface area contributed by atoms with Crippen LogP contribution in [-0.2, 0) is 0 Å². The molecular weight excluding hydrogens is 310 g/mol. The Hall–Kier alpha value is -3.13. The summed E-state index contributed by atoms with van der Waals surface area (Å²) in [7, 11) is 1.62. The lowest BCUT2D eigenvalue weighted by atomic mass is 10.1. The van der Waals surface area contributed by atoms with Crippen molar-refractivity contribution in [3.63, 3.8) is 0 Å². The van der Waals surface area contributed by atoms with E-state index in [4.69, 9.17) is 9.84 Å². The van der Waals surface area contributed by atoms with Gasteiger partial charge < -0.3 is 15.2 Å². The van der Waals surface area contributed by atoms with Crippen molar-refractivity contribution in [1.82, 2.24) is 19.9 Å². The zero-order valence-electron chi connectivity index (χ0n) is 13.1. The molecule has 0 aliphatic carbocycles. The molecule has 2 aromatic heterocycles. The van der Waals surface area contributed by atoms with E-state index in [9.17, 15) is 4.79 Å². The van der Waals surface area contributed by atoms with Crippen LogP contribution in [0.25, 0.3) is 16.9 Å². The molecule has 0 saturated carbocycles. The van der Waals surface area contributed by atoms with Gasteiger partial charge in [0.2, 0.25) is 0 Å². The molecule has 0 spiro atoms. The van der Waals surface area contributed by atoms with Crippen molar-refractivity contribution < 1.29 is 14.6 Å². The molecule has 8 heteroatoms. The van der Waals surface area contributed by atoms with Gasteiger partial charge in [0, 0.05) is 12.1 Å². The molecule has 0 saturated heterocycles. The summed E-state index contributed by atoms with van der Waals surface area (Å²) in [4.78, 5) is 15.9. The van der Waals surface area contributed by atoms with Gasteiger partial charge in [-0.1, -0.05) is 12.1 Å². The van der Waals surface area contributed by atoms with Crippen molar-refractivity contribution in [2.45, 2.75) is 0 Å². The molecule has 0 atom stereocenters. The zero-order chi connectivity index (χ0) is 16.9. The van der Waals surface area contributed by atoms with Gasteiger partial charge in [0.25, 0.3) is 0 Å². The van der Waals surface area contributed by atoms with Crippen LogP contribution >= 0.6 is 0 Å². The average molecular weight is 327 g/mol. The first-order valence-corrected chi connectivity index (χ1v) is 7.36. The third-order valence-corrected chi connectivity index (χ3v) is 3.32. The quantitative estimate of drug-likeness (QED) is 0.659. The van der Waals surface area contributed by atoms with Crippen molar-refractivity contribution in [2.24, 2.45) is 0 Å². The minimum atomic E-state index is -0.430. The zero-order valence-corrected chi connectivity index (χ0v) is 13.1. The van der Waals surface area contributed by atoms with Crippen LogP contribution in [0.2, 0.25) is 0 Å². The topological polar surface area (TPSA) is 101 Å². The lowest BCUT2D eigenvalue weighted by Crippen LogP contribution is -2.31. The average Bonchev–Trinajstić information content (AvgIpc) is 3.01. The molecule has 8 nitrogen and oxygen atoms in total. The van der Waals surface area contributed by atoms with Gasteiger partial charge in [0.1, 0.15) is 5.75 Å². The van der Waals surface area contributed by atoms with E-state index in [-0.39, 0.29) is 13.2 Å². The van der Waals surface area contributed by atoms with Crippen LogP contribution in [0.15, 0.2) is 42.6 Å². The summed E-state index contributed by atoms with van der Waals surface area (Å²) in [6.07, 6.45) is 1.62. The van der Waals surface area contributed by atoms with Crippen molar-refractivity contribution in [2.75, 3.05) is 25.6 Å². The van der Waals surface area contributed by atoms with Gasteiger partial charge >= 0.3 is 6.03 Å². The standard InChI is InChI=1S/C16H17N5O3/c1-24-12-4-2-3-11(9-12)13-5-6-15-18-14(10-21(15)20-13)19-16(23)17-7-8-22/h2-6,9-10,22H,7-8H2,1H3,(H2,17,19,23). The molecule has 1 aromatic carbocycles. The summed E-state index contributed by atoms with van der Waals surface area (Å²) in [6.45, 7) is 0.0570. The lowest BCUT2D eigenvalue weighted by molar-refractivity contribution is 0.244. The van der Waals surface area contributed by atoms with Crippen molar-refractivity contribution in [3.05, 3.63) is 42.6 Å². The number of carbonyl (C=O) groups excluding carboxylic acids is 1. The Morgan fingerprint density at radius 2 is 2.21 bits per heavy atom. The highest BCUT2D eigenvalue weighted by Crippen LogP contribution is 2.22. The number of methoxy groups -OCH3 is 1. The van der Waals surface area contributed by atoms with Gasteiger partial charge in [-0.05, 0) is 24.3 Å². The van der Waals surface area contributed by atoms with E-state index in [2.05, 4.69) is 20.7 Å². The maximum atomic E-state index is 11.6. The smallest absolute Gasteiger partial charge is 0.320 e. The molecule has 124 valence electrons. The number of benzene rings is 1. The lowest BCUT2D eigenvalue weighted by Gasteiger charge is -2.04. The number of amides is 2. The van der Waals surface area contributed by atoms with Crippen LogP contribution in [0.1, 0.15) is 0 Å². The number of fused-ring (bicyclic) bond motifs is 1. The number of hydrogen-bond donors (Lipinski definition) is 3. The highest BCUT2D eigenvalue weighted by molar-refractivity contribution is 5.88. The van der Waals surface area contributed by atoms with Gasteiger partial charge in [0.15, 0.2) is 11.5 Å². The summed E-state index contributed by atoms with van der Waals surface area (Å²) >= 11 is 0. The van der Waals surface area contributed by atoms with Crippen LogP contribution in [0.4, 0.5) is 10.6 Å². The van der Waals surface area contributed by atoms with E-state index in [1.165, 1.54) is 0 Å². The maximum absolute atomic E-state index is 11.6. The van der Waals surface area contributed by atoms with E-state index in [1.54, 1.807) is 17.8 Å². The number of aliphatic hydroxyl groups is 1. The molecule has 3 rings (SSSR count). The molecule has 0 unspecified atom stereocenters. The summed E-state index contributed by atoms with van der Waals surface area (Å²) in [5, 5.41) is 18.3. The van der Waals surface area contributed by atoms with Gasteiger partial charge in [-0.3, -0.25) is 5.32 Å². The van der Waals surface area contributed by atoms with Crippen LogP contribution in [-0.4, -0.2) is 46.0 Å². The summed E-state index contributed by atoms with van der Waals surface area (Å²) in [5.41, 5.74) is 2.29. The van der Waals surface area contributed by atoms with Gasteiger partial charge in [0.05, 0.1) is 25.6 Å². The first-order chi connectivity index (χ1) is 11.7. The second-order valence-corrected chi connectivity index (χ2v) is 4.98. The fourth-order valence-electron chi connectivity index (χ4n) is 2.21. The summed E-state index contributed by atoms with van der Waals surface area (Å²) in [5.74, 6) is 1.13. The van der Waals surface area contributed by atoms with Crippen LogP contribution in [0, 0.1) is 0 Å². The minimum Gasteiger partial charge on any atom is -0.497 e. The molecular formula is C16H17N5O3. The first kappa shape index (κ1) is 15.8. The van der Waals surface area contributed by atoms with Crippen LogP contribution < -0.4 is 15.4 Å². The molecule has 2 amide bonds. The number of nitrogens with one attached hydrogen (secondary N) is 2. The molecule has 0 radical (unpaired) electrons. The van der Waals surface area contributed by atoms with E-state index in [0.29, 0.717) is 11.5 Å². The molecule has 0 fully saturated rings. The molecule has 0 aliphatic rings. The third kappa shape index (κ3) is 3.44.